The Labute approximate surface area is 263 Å². The summed E-state index contributed by atoms with van der Waals surface area (Å²) in [5.74, 6) is -1.22. The molecule has 0 spiro atoms. The molecule has 5 heteroatoms. The molecule has 0 bridgehead atoms. The van der Waals surface area contributed by atoms with Gasteiger partial charge < -0.3 is 14.6 Å². The molecule has 1 heterocycles. The number of para-hydroxylation sites is 2. The number of hydrogen-bond donors (Lipinski definition) is 1. The van der Waals surface area contributed by atoms with Crippen molar-refractivity contribution in [3.63, 3.8) is 0 Å². The second kappa shape index (κ2) is 13.4. The smallest absolute Gasteiger partial charge is 0.346 e. The molecule has 0 saturated heterocycles. The summed E-state index contributed by atoms with van der Waals surface area (Å²) in [5.41, 5.74) is 8.16. The lowest BCUT2D eigenvalue weighted by atomic mass is 10.0. The van der Waals surface area contributed by atoms with Crippen molar-refractivity contribution in [2.75, 3.05) is 4.90 Å². The Morgan fingerprint density at radius 2 is 1.31 bits per heavy atom. The Hall–Kier alpha value is -5.60. The largest absolute Gasteiger partial charge is 0.477 e. The predicted molar refractivity (Wildman–Crippen MR) is 185 cm³/mol. The van der Waals surface area contributed by atoms with Crippen molar-refractivity contribution in [2.45, 2.75) is 39.2 Å². The highest BCUT2D eigenvalue weighted by atomic mass is 16.4. The fourth-order valence-electron chi connectivity index (χ4n) is 6.04. The highest BCUT2D eigenvalue weighted by Crippen LogP contribution is 2.37. The molecule has 45 heavy (non-hydrogen) atoms. The molecule has 5 aromatic carbocycles. The van der Waals surface area contributed by atoms with Crippen LogP contribution in [0, 0.1) is 11.3 Å². The highest BCUT2D eigenvalue weighted by Gasteiger charge is 2.15. The van der Waals surface area contributed by atoms with Gasteiger partial charge in [0.05, 0.1) is 0 Å². The predicted octanol–water partition coefficient (Wildman–Crippen LogP) is 10.5. The van der Waals surface area contributed by atoms with Crippen LogP contribution in [0.5, 0.6) is 0 Å². The highest BCUT2D eigenvalue weighted by molar-refractivity contribution is 6.10. The molecule has 6 rings (SSSR count). The van der Waals surface area contributed by atoms with Gasteiger partial charge in [0.15, 0.2) is 0 Å². The number of benzene rings is 5. The van der Waals surface area contributed by atoms with Crippen LogP contribution in [0.4, 0.5) is 17.1 Å². The number of carboxylic acid groups (broad SMARTS) is 1. The maximum absolute atomic E-state index is 11.5. The number of aryl methyl sites for hydroxylation is 1. The van der Waals surface area contributed by atoms with Crippen molar-refractivity contribution in [3.05, 3.63) is 132 Å². The first-order chi connectivity index (χ1) is 22.1. The number of anilines is 3. The van der Waals surface area contributed by atoms with E-state index in [1.807, 2.05) is 30.3 Å². The molecule has 6 aromatic rings. The monoisotopic (exact) mass is 589 g/mol. The molecule has 0 aliphatic heterocycles. The minimum Gasteiger partial charge on any atom is -0.477 e. The minimum atomic E-state index is -1.22. The van der Waals surface area contributed by atoms with Gasteiger partial charge in [-0.25, -0.2) is 4.79 Å². The van der Waals surface area contributed by atoms with Gasteiger partial charge in [-0.3, -0.25) is 0 Å². The van der Waals surface area contributed by atoms with Gasteiger partial charge in [-0.05, 0) is 89.9 Å². The number of fused-ring (bicyclic) bond motifs is 3. The first-order valence-electron chi connectivity index (χ1n) is 15.5. The SMILES string of the molecule is CCCCCCn1c2ccc(C=C(C#N)C(=O)O)cc2c2cc(-c3ccc(N(c4ccccc4)c4ccccc4)cc3)ccc21. The van der Waals surface area contributed by atoms with Crippen LogP contribution >= 0.6 is 0 Å². The van der Waals surface area contributed by atoms with Gasteiger partial charge in [-0.15, -0.1) is 0 Å². The zero-order valence-corrected chi connectivity index (χ0v) is 25.4. The number of nitrogens with zero attached hydrogens (tertiary/aromatic N) is 3. The Balaban J connectivity index is 1.42. The second-order valence-electron chi connectivity index (χ2n) is 11.2. The maximum atomic E-state index is 11.5. The van der Waals surface area contributed by atoms with Crippen molar-refractivity contribution in [2.24, 2.45) is 0 Å². The Morgan fingerprint density at radius 3 is 1.91 bits per heavy atom. The lowest BCUT2D eigenvalue weighted by Crippen LogP contribution is -2.09. The maximum Gasteiger partial charge on any atom is 0.346 e. The summed E-state index contributed by atoms with van der Waals surface area (Å²) in [6.07, 6.45) is 6.11. The van der Waals surface area contributed by atoms with Crippen LogP contribution < -0.4 is 4.90 Å². The van der Waals surface area contributed by atoms with Crippen LogP contribution in [0.3, 0.4) is 0 Å². The quantitative estimate of drug-likeness (QED) is 0.0927. The van der Waals surface area contributed by atoms with Gasteiger partial charge in [-0.1, -0.05) is 86.8 Å². The third-order valence-corrected chi connectivity index (χ3v) is 8.27. The molecular formula is C40H35N3O2. The van der Waals surface area contributed by atoms with E-state index in [4.69, 9.17) is 0 Å². The summed E-state index contributed by atoms with van der Waals surface area (Å²) >= 11 is 0. The molecular weight excluding hydrogens is 554 g/mol. The standard InChI is InChI=1S/C40H35N3O2/c1-2-3-4-11-24-42-38-22-16-29(25-32(28-41)40(44)45)26-36(38)37-27-31(19-23-39(37)42)30-17-20-35(21-18-30)43(33-12-7-5-8-13-33)34-14-9-6-10-15-34/h5-10,12-23,25-27H,2-4,11,24H2,1H3,(H,44,45). The Kier molecular flexibility index (Phi) is 8.75. The van der Waals surface area contributed by atoms with Crippen LogP contribution in [0.25, 0.3) is 39.0 Å². The average Bonchev–Trinajstić information content (AvgIpc) is 3.39. The number of aromatic nitrogens is 1. The van der Waals surface area contributed by atoms with Crippen molar-refractivity contribution < 1.29 is 9.90 Å². The molecule has 0 unspecified atom stereocenters. The number of carboxylic acids is 1. The van der Waals surface area contributed by atoms with E-state index < -0.39 is 5.97 Å². The van der Waals surface area contributed by atoms with E-state index in [9.17, 15) is 15.2 Å². The van der Waals surface area contributed by atoms with Gasteiger partial charge in [-0.2, -0.15) is 5.26 Å². The van der Waals surface area contributed by atoms with Gasteiger partial charge in [0, 0.05) is 45.4 Å². The number of hydrogen-bond acceptors (Lipinski definition) is 3. The summed E-state index contributed by atoms with van der Waals surface area (Å²) in [5, 5.41) is 20.9. The van der Waals surface area contributed by atoms with Crippen molar-refractivity contribution in [3.8, 4) is 17.2 Å². The third-order valence-electron chi connectivity index (χ3n) is 8.27. The van der Waals surface area contributed by atoms with Gasteiger partial charge in [0.1, 0.15) is 11.6 Å². The normalized spacial score (nSPS) is 11.5. The second-order valence-corrected chi connectivity index (χ2v) is 11.2. The zero-order chi connectivity index (χ0) is 31.2. The summed E-state index contributed by atoms with van der Waals surface area (Å²) in [4.78, 5) is 13.8. The van der Waals surface area contributed by atoms with Crippen LogP contribution in [0.1, 0.15) is 38.2 Å². The number of carbonyl (C=O) groups is 1. The summed E-state index contributed by atoms with van der Waals surface area (Å²) in [6.45, 7) is 3.13. The zero-order valence-electron chi connectivity index (χ0n) is 25.4. The molecule has 0 radical (unpaired) electrons. The summed E-state index contributed by atoms with van der Waals surface area (Å²) in [7, 11) is 0. The molecule has 1 N–H and O–H groups in total. The lowest BCUT2D eigenvalue weighted by Gasteiger charge is -2.25. The lowest BCUT2D eigenvalue weighted by molar-refractivity contribution is -0.132. The Morgan fingerprint density at radius 1 is 0.733 bits per heavy atom. The van der Waals surface area contributed by atoms with Crippen molar-refractivity contribution >= 4 is 50.9 Å². The molecule has 0 fully saturated rings. The van der Waals surface area contributed by atoms with E-state index in [0.717, 1.165) is 63.0 Å². The Bertz CT molecular complexity index is 1980. The number of nitriles is 1. The van der Waals surface area contributed by atoms with Crippen molar-refractivity contribution in [1.29, 1.82) is 5.26 Å². The molecule has 0 saturated carbocycles. The van der Waals surface area contributed by atoms with E-state index >= 15 is 0 Å². The van der Waals surface area contributed by atoms with E-state index in [2.05, 4.69) is 107 Å². The van der Waals surface area contributed by atoms with Gasteiger partial charge in [0.25, 0.3) is 0 Å². The van der Waals surface area contributed by atoms with E-state index in [0.29, 0.717) is 5.56 Å². The first kappa shape index (κ1) is 29.5. The van der Waals surface area contributed by atoms with E-state index in [1.54, 1.807) is 6.07 Å². The number of unbranched alkanes of at least 4 members (excludes halogenated alkanes) is 3. The summed E-state index contributed by atoms with van der Waals surface area (Å²) < 4.78 is 2.38. The molecule has 0 amide bonds. The molecule has 1 aromatic heterocycles. The molecule has 0 atom stereocenters. The van der Waals surface area contributed by atoms with E-state index in [-0.39, 0.29) is 5.57 Å². The minimum absolute atomic E-state index is 0.279. The third kappa shape index (κ3) is 6.23. The topological polar surface area (TPSA) is 69.3 Å². The van der Waals surface area contributed by atoms with Crippen LogP contribution in [0.15, 0.2) is 127 Å². The van der Waals surface area contributed by atoms with Crippen LogP contribution in [0.2, 0.25) is 0 Å². The van der Waals surface area contributed by atoms with Crippen molar-refractivity contribution in [1.82, 2.24) is 4.57 Å². The molecule has 5 nitrogen and oxygen atoms in total. The first-order valence-corrected chi connectivity index (χ1v) is 15.5. The van der Waals surface area contributed by atoms with Crippen LogP contribution in [-0.4, -0.2) is 15.6 Å². The summed E-state index contributed by atoms with van der Waals surface area (Å²) in [6, 6.07) is 43.8. The fraction of sp³-hybridized carbons (Fsp3) is 0.150. The van der Waals surface area contributed by atoms with Gasteiger partial charge in [0.2, 0.25) is 0 Å². The average molecular weight is 590 g/mol. The fourth-order valence-corrected chi connectivity index (χ4v) is 6.04. The van der Waals surface area contributed by atoms with E-state index in [1.165, 1.54) is 25.3 Å². The molecule has 222 valence electrons. The van der Waals surface area contributed by atoms with Crippen LogP contribution in [-0.2, 0) is 11.3 Å². The molecule has 0 aliphatic rings. The van der Waals surface area contributed by atoms with Gasteiger partial charge >= 0.3 is 5.97 Å². The number of aliphatic carboxylic acids is 1. The molecule has 0 aliphatic carbocycles. The number of rotatable bonds is 11.